The largest absolute Gasteiger partial charge is 0.319 e. The molecule has 0 spiro atoms. The molecule has 3 aromatic rings. The Bertz CT molecular complexity index is 675. The van der Waals surface area contributed by atoms with Crippen LogP contribution in [-0.4, -0.2) is 33.2 Å². The van der Waals surface area contributed by atoms with Gasteiger partial charge >= 0.3 is 0 Å². The van der Waals surface area contributed by atoms with E-state index >= 15 is 0 Å². The fourth-order valence-corrected chi connectivity index (χ4v) is 1.98. The van der Waals surface area contributed by atoms with Crippen molar-refractivity contribution in [1.29, 1.82) is 0 Å². The highest BCUT2D eigenvalue weighted by Crippen LogP contribution is 2.16. The van der Waals surface area contributed by atoms with Crippen LogP contribution in [0, 0.1) is 0 Å². The van der Waals surface area contributed by atoms with Gasteiger partial charge in [0, 0.05) is 30.9 Å². The number of rotatable bonds is 4. The molecule has 0 aliphatic carbocycles. The molecule has 0 aromatic carbocycles. The topological polar surface area (TPSA) is 55.1 Å². The molecule has 0 bridgehead atoms. The maximum Gasteiger partial charge on any atom is 0.153 e. The normalized spacial score (nSPS) is 11.0. The third-order valence-electron chi connectivity index (χ3n) is 2.98. The molecule has 3 heterocycles. The molecule has 1 N–H and O–H groups in total. The summed E-state index contributed by atoms with van der Waals surface area (Å²) in [7, 11) is 1.94. The summed E-state index contributed by atoms with van der Waals surface area (Å²) in [6, 6.07) is 7.88. The number of imidazole rings is 1. The molecule has 0 aliphatic rings. The molecule has 0 fully saturated rings. The Labute approximate surface area is 111 Å². The summed E-state index contributed by atoms with van der Waals surface area (Å²) >= 11 is 0. The quantitative estimate of drug-likeness (QED) is 0.766. The van der Waals surface area contributed by atoms with Crippen molar-refractivity contribution < 1.29 is 0 Å². The first-order valence-electron chi connectivity index (χ1n) is 6.27. The minimum Gasteiger partial charge on any atom is -0.319 e. The van der Waals surface area contributed by atoms with Crippen molar-refractivity contribution in [2.45, 2.75) is 6.42 Å². The van der Waals surface area contributed by atoms with Crippen LogP contribution in [0.2, 0.25) is 0 Å². The minimum atomic E-state index is 0.879. The Morgan fingerprint density at radius 1 is 1.16 bits per heavy atom. The lowest BCUT2D eigenvalue weighted by Crippen LogP contribution is -2.10. The summed E-state index contributed by atoms with van der Waals surface area (Å²) in [5.74, 6) is 0. The first kappa shape index (κ1) is 11.8. The van der Waals surface area contributed by atoms with Crippen LogP contribution in [0.5, 0.6) is 0 Å². The standard InChI is InChI=1S/C14H15N5/c1-15-7-6-12-10-19-14(17-12)3-2-13(18-19)11-4-8-16-9-5-11/h2-5,8-10,15H,6-7H2,1H3. The number of nitrogens with one attached hydrogen (secondary N) is 1. The number of hydrogen-bond donors (Lipinski definition) is 1. The van der Waals surface area contributed by atoms with Gasteiger partial charge in [-0.1, -0.05) is 0 Å². The molecule has 0 saturated carbocycles. The Hall–Kier alpha value is -2.27. The monoisotopic (exact) mass is 253 g/mol. The highest BCUT2D eigenvalue weighted by atomic mass is 15.2. The zero-order chi connectivity index (χ0) is 13.1. The summed E-state index contributed by atoms with van der Waals surface area (Å²) in [6.45, 7) is 0.918. The van der Waals surface area contributed by atoms with E-state index < -0.39 is 0 Å². The van der Waals surface area contributed by atoms with Gasteiger partial charge in [0.25, 0.3) is 0 Å². The molecule has 0 radical (unpaired) electrons. The van der Waals surface area contributed by atoms with Crippen molar-refractivity contribution in [3.05, 3.63) is 48.5 Å². The van der Waals surface area contributed by atoms with Crippen LogP contribution < -0.4 is 5.32 Å². The van der Waals surface area contributed by atoms with Gasteiger partial charge in [0.1, 0.15) is 0 Å². The highest BCUT2D eigenvalue weighted by molar-refractivity contribution is 5.59. The third-order valence-corrected chi connectivity index (χ3v) is 2.98. The first-order valence-corrected chi connectivity index (χ1v) is 6.27. The van der Waals surface area contributed by atoms with Crippen LogP contribution in [-0.2, 0) is 6.42 Å². The van der Waals surface area contributed by atoms with Crippen LogP contribution in [0.4, 0.5) is 0 Å². The average molecular weight is 253 g/mol. The van der Waals surface area contributed by atoms with E-state index in [1.165, 1.54) is 0 Å². The van der Waals surface area contributed by atoms with Gasteiger partial charge in [0.2, 0.25) is 0 Å². The Balaban J connectivity index is 1.97. The molecule has 96 valence electrons. The molecule has 0 aliphatic heterocycles. The van der Waals surface area contributed by atoms with E-state index in [0.717, 1.165) is 35.6 Å². The summed E-state index contributed by atoms with van der Waals surface area (Å²) in [4.78, 5) is 8.55. The molecule has 0 amide bonds. The van der Waals surface area contributed by atoms with Crippen LogP contribution in [0.25, 0.3) is 16.9 Å². The van der Waals surface area contributed by atoms with Crippen molar-refractivity contribution >= 4 is 5.65 Å². The second-order valence-electron chi connectivity index (χ2n) is 4.34. The number of hydrogen-bond acceptors (Lipinski definition) is 4. The van der Waals surface area contributed by atoms with E-state index in [1.807, 2.05) is 42.0 Å². The first-order chi connectivity index (χ1) is 9.36. The van der Waals surface area contributed by atoms with Gasteiger partial charge in [-0.05, 0) is 31.3 Å². The van der Waals surface area contributed by atoms with Gasteiger partial charge < -0.3 is 5.32 Å². The van der Waals surface area contributed by atoms with Crippen molar-refractivity contribution in [3.63, 3.8) is 0 Å². The van der Waals surface area contributed by atoms with Gasteiger partial charge in [-0.25, -0.2) is 9.50 Å². The lowest BCUT2D eigenvalue weighted by Gasteiger charge is -2.00. The summed E-state index contributed by atoms with van der Waals surface area (Å²) in [6.07, 6.45) is 6.43. The van der Waals surface area contributed by atoms with Gasteiger partial charge in [-0.15, -0.1) is 0 Å². The molecule has 3 aromatic heterocycles. The minimum absolute atomic E-state index is 0.879. The zero-order valence-electron chi connectivity index (χ0n) is 10.7. The van der Waals surface area contributed by atoms with Crippen molar-refractivity contribution in [2.24, 2.45) is 0 Å². The summed E-state index contributed by atoms with van der Waals surface area (Å²) < 4.78 is 1.83. The lowest BCUT2D eigenvalue weighted by atomic mass is 10.2. The molecule has 0 atom stereocenters. The third kappa shape index (κ3) is 2.46. The molecule has 3 rings (SSSR count). The van der Waals surface area contributed by atoms with Gasteiger partial charge in [0.15, 0.2) is 5.65 Å². The van der Waals surface area contributed by atoms with Crippen LogP contribution >= 0.6 is 0 Å². The van der Waals surface area contributed by atoms with Crippen LogP contribution in [0.3, 0.4) is 0 Å². The number of pyridine rings is 1. The highest BCUT2D eigenvalue weighted by Gasteiger charge is 2.04. The van der Waals surface area contributed by atoms with E-state index in [9.17, 15) is 0 Å². The number of likely N-dealkylation sites (N-methyl/N-ethyl adjacent to an activating group) is 1. The maximum atomic E-state index is 4.58. The predicted molar refractivity (Wildman–Crippen MR) is 73.8 cm³/mol. The molecule has 0 unspecified atom stereocenters. The fraction of sp³-hybridized carbons (Fsp3) is 0.214. The number of nitrogens with zero attached hydrogens (tertiary/aromatic N) is 4. The van der Waals surface area contributed by atoms with Crippen LogP contribution in [0.15, 0.2) is 42.9 Å². The van der Waals surface area contributed by atoms with E-state index in [2.05, 4.69) is 20.4 Å². The van der Waals surface area contributed by atoms with E-state index in [0.29, 0.717) is 0 Å². The summed E-state index contributed by atoms with van der Waals surface area (Å²) in [5, 5.41) is 7.70. The van der Waals surface area contributed by atoms with E-state index in [-0.39, 0.29) is 0 Å². The fourth-order valence-electron chi connectivity index (χ4n) is 1.98. The zero-order valence-corrected chi connectivity index (χ0v) is 10.7. The van der Waals surface area contributed by atoms with Gasteiger partial charge in [0.05, 0.1) is 17.6 Å². The Morgan fingerprint density at radius 2 is 2.00 bits per heavy atom. The van der Waals surface area contributed by atoms with Crippen molar-refractivity contribution in [2.75, 3.05) is 13.6 Å². The SMILES string of the molecule is CNCCc1cn2nc(-c3ccncc3)ccc2n1. The molecule has 5 heteroatoms. The smallest absolute Gasteiger partial charge is 0.153 e. The van der Waals surface area contributed by atoms with E-state index in [1.54, 1.807) is 12.4 Å². The lowest BCUT2D eigenvalue weighted by molar-refractivity contribution is 0.779. The maximum absolute atomic E-state index is 4.58. The summed E-state index contributed by atoms with van der Waals surface area (Å²) in [5.41, 5.74) is 3.91. The average Bonchev–Trinajstić information content (AvgIpc) is 2.87. The van der Waals surface area contributed by atoms with Gasteiger partial charge in [-0.2, -0.15) is 5.10 Å². The molecular formula is C14H15N5. The second kappa shape index (κ2) is 5.16. The van der Waals surface area contributed by atoms with Crippen molar-refractivity contribution in [3.8, 4) is 11.3 Å². The van der Waals surface area contributed by atoms with Crippen LogP contribution in [0.1, 0.15) is 5.69 Å². The number of aromatic nitrogens is 4. The Morgan fingerprint density at radius 3 is 2.79 bits per heavy atom. The molecule has 19 heavy (non-hydrogen) atoms. The predicted octanol–water partition coefficient (Wildman–Crippen LogP) is 1.55. The second-order valence-corrected chi connectivity index (χ2v) is 4.34. The molecular weight excluding hydrogens is 238 g/mol. The van der Waals surface area contributed by atoms with Crippen molar-refractivity contribution in [1.82, 2.24) is 24.9 Å². The molecule has 5 nitrogen and oxygen atoms in total. The van der Waals surface area contributed by atoms with E-state index in [4.69, 9.17) is 0 Å². The number of fused-ring (bicyclic) bond motifs is 1. The molecule has 0 saturated heterocycles. The van der Waals surface area contributed by atoms with Gasteiger partial charge in [-0.3, -0.25) is 4.98 Å². The Kier molecular flexibility index (Phi) is 3.20.